The van der Waals surface area contributed by atoms with Crippen LogP contribution >= 0.6 is 0 Å². The summed E-state index contributed by atoms with van der Waals surface area (Å²) in [5.41, 5.74) is 7.79. The van der Waals surface area contributed by atoms with Crippen LogP contribution in [-0.4, -0.2) is 62.9 Å². The highest BCUT2D eigenvalue weighted by atomic mass is 19.1. The van der Waals surface area contributed by atoms with E-state index < -0.39 is 23.5 Å². The highest BCUT2D eigenvalue weighted by molar-refractivity contribution is 6.01. The molecule has 0 saturated carbocycles. The normalized spacial score (nSPS) is 16.3. The number of aliphatic carboxylic acids is 1. The zero-order chi connectivity index (χ0) is 32.2. The number of pyridine rings is 2. The van der Waals surface area contributed by atoms with Gasteiger partial charge in [-0.1, -0.05) is 6.08 Å². The molecule has 1 N–H and O–H groups in total. The second kappa shape index (κ2) is 11.7. The largest absolute Gasteiger partial charge is 0.490 e. The first-order valence-electron chi connectivity index (χ1n) is 15.5. The first-order chi connectivity index (χ1) is 21.3. The summed E-state index contributed by atoms with van der Waals surface area (Å²) in [6, 6.07) is 7.59. The fraction of sp³-hybridized carbons (Fsp3) is 0.417. The molecule has 0 fully saturated rings. The third kappa shape index (κ3) is 5.75. The molecule has 8 nitrogen and oxygen atoms in total. The molecule has 3 aromatic heterocycles. The molecule has 6 rings (SSSR count). The Morgan fingerprint density at radius 1 is 1.16 bits per heavy atom. The van der Waals surface area contributed by atoms with Crippen molar-refractivity contribution < 1.29 is 23.8 Å². The van der Waals surface area contributed by atoms with Crippen molar-refractivity contribution in [3.8, 4) is 28.1 Å². The minimum Gasteiger partial charge on any atom is -0.490 e. The van der Waals surface area contributed by atoms with Gasteiger partial charge >= 0.3 is 5.97 Å². The van der Waals surface area contributed by atoms with E-state index in [1.807, 2.05) is 57.6 Å². The smallest absolute Gasteiger partial charge is 0.337 e. The van der Waals surface area contributed by atoms with E-state index in [4.69, 9.17) is 14.5 Å². The van der Waals surface area contributed by atoms with Crippen molar-refractivity contribution in [1.82, 2.24) is 19.4 Å². The standard InChI is InChI=1S/C36H41FN4O4/c1-20-24-9-8-16-44-32(24)27(37)18-25(20)31-26-19-29(23-10-13-38-28(17-23)22-11-14-40(6)15-12-22)41(7)34(26)39-21(2)30(31)33(35(42)43)45-36(3,4)5/h10-11,13,17-19,33H,8-9,12,14-16H2,1-7H3,(H,42,43)/t33-/m0/s1. The van der Waals surface area contributed by atoms with Crippen LogP contribution in [0, 0.1) is 19.7 Å². The number of carbonyl (C=O) groups is 1. The van der Waals surface area contributed by atoms with Crippen LogP contribution in [0.25, 0.3) is 39.0 Å². The molecule has 0 spiro atoms. The van der Waals surface area contributed by atoms with Crippen LogP contribution in [0.4, 0.5) is 4.39 Å². The minimum atomic E-state index is -1.32. The van der Waals surface area contributed by atoms with Crippen LogP contribution in [-0.2, 0) is 23.0 Å². The van der Waals surface area contributed by atoms with E-state index >= 15 is 4.39 Å². The first-order valence-corrected chi connectivity index (χ1v) is 15.5. The third-order valence-corrected chi connectivity index (χ3v) is 8.86. The Balaban J connectivity index is 1.63. The number of benzene rings is 1. The lowest BCUT2D eigenvalue weighted by Crippen LogP contribution is -2.28. The Morgan fingerprint density at radius 2 is 1.93 bits per heavy atom. The Kier molecular flexibility index (Phi) is 8.03. The number of carboxylic acid groups (broad SMARTS) is 1. The molecule has 0 bridgehead atoms. The average Bonchev–Trinajstić information content (AvgIpc) is 3.33. The summed E-state index contributed by atoms with van der Waals surface area (Å²) >= 11 is 0. The fourth-order valence-electron chi connectivity index (χ4n) is 6.62. The summed E-state index contributed by atoms with van der Waals surface area (Å²) in [4.78, 5) is 24.8. The van der Waals surface area contributed by atoms with Gasteiger partial charge in [-0.25, -0.2) is 14.2 Å². The van der Waals surface area contributed by atoms with E-state index in [0.29, 0.717) is 41.1 Å². The van der Waals surface area contributed by atoms with E-state index in [1.54, 1.807) is 6.92 Å². The molecule has 1 atom stereocenters. The van der Waals surface area contributed by atoms with Gasteiger partial charge in [-0.2, -0.15) is 0 Å². The van der Waals surface area contributed by atoms with Crippen molar-refractivity contribution in [1.29, 1.82) is 0 Å². The molecule has 0 aliphatic carbocycles. The van der Waals surface area contributed by atoms with Crippen molar-refractivity contribution in [2.45, 2.75) is 65.6 Å². The molecule has 236 valence electrons. The highest BCUT2D eigenvalue weighted by Gasteiger charge is 2.34. The summed E-state index contributed by atoms with van der Waals surface area (Å²) in [7, 11) is 4.06. The van der Waals surface area contributed by atoms with Crippen molar-refractivity contribution in [3.63, 3.8) is 0 Å². The van der Waals surface area contributed by atoms with Crippen molar-refractivity contribution in [3.05, 3.63) is 70.4 Å². The molecule has 0 saturated heterocycles. The first kappa shape index (κ1) is 30.9. The van der Waals surface area contributed by atoms with Gasteiger partial charge in [0.05, 0.1) is 23.6 Å². The lowest BCUT2D eigenvalue weighted by Gasteiger charge is -2.29. The molecule has 45 heavy (non-hydrogen) atoms. The molecule has 2 aliphatic heterocycles. The van der Waals surface area contributed by atoms with Crippen LogP contribution in [0.5, 0.6) is 5.75 Å². The molecule has 4 aromatic rings. The number of hydrogen-bond acceptors (Lipinski definition) is 6. The molecular formula is C36H41FN4O4. The monoisotopic (exact) mass is 612 g/mol. The molecule has 9 heteroatoms. The fourth-order valence-corrected chi connectivity index (χ4v) is 6.62. The third-order valence-electron chi connectivity index (χ3n) is 8.86. The van der Waals surface area contributed by atoms with Gasteiger partial charge in [0.1, 0.15) is 5.65 Å². The van der Waals surface area contributed by atoms with Gasteiger partial charge in [0.2, 0.25) is 0 Å². The quantitative estimate of drug-likeness (QED) is 0.250. The average molecular weight is 613 g/mol. The minimum absolute atomic E-state index is 0.285. The Labute approximate surface area is 263 Å². The number of aromatic nitrogens is 3. The summed E-state index contributed by atoms with van der Waals surface area (Å²) in [5.74, 6) is -1.30. The van der Waals surface area contributed by atoms with E-state index in [0.717, 1.165) is 59.4 Å². The van der Waals surface area contributed by atoms with Crippen LogP contribution in [0.1, 0.15) is 67.8 Å². The Morgan fingerprint density at radius 3 is 2.62 bits per heavy atom. The highest BCUT2D eigenvalue weighted by Crippen LogP contribution is 2.45. The summed E-state index contributed by atoms with van der Waals surface area (Å²) in [6.45, 7) is 11.6. The second-order valence-electron chi connectivity index (χ2n) is 13.2. The Hall–Kier alpha value is -4.08. The van der Waals surface area contributed by atoms with Crippen LogP contribution in [0.2, 0.25) is 0 Å². The number of halogens is 1. The van der Waals surface area contributed by atoms with Gasteiger partial charge < -0.3 is 24.0 Å². The molecule has 0 amide bonds. The topological polar surface area (TPSA) is 89.7 Å². The van der Waals surface area contributed by atoms with Gasteiger partial charge in [0, 0.05) is 59.7 Å². The molecule has 1 aromatic carbocycles. The van der Waals surface area contributed by atoms with Crippen molar-refractivity contribution >= 4 is 22.6 Å². The zero-order valence-electron chi connectivity index (χ0n) is 27.1. The summed E-state index contributed by atoms with van der Waals surface area (Å²) in [6.07, 6.45) is 5.12. The van der Waals surface area contributed by atoms with E-state index in [9.17, 15) is 9.90 Å². The van der Waals surface area contributed by atoms with Crippen molar-refractivity contribution in [2.75, 3.05) is 26.7 Å². The predicted molar refractivity (Wildman–Crippen MR) is 174 cm³/mol. The van der Waals surface area contributed by atoms with Gasteiger partial charge in [0.25, 0.3) is 0 Å². The molecule has 0 unspecified atom stereocenters. The number of nitrogens with zero attached hydrogens (tertiary/aromatic N) is 4. The maximum atomic E-state index is 15.7. The number of fused-ring (bicyclic) bond motifs is 2. The van der Waals surface area contributed by atoms with Crippen LogP contribution in [0.3, 0.4) is 0 Å². The maximum absolute atomic E-state index is 15.7. The number of likely N-dealkylation sites (N-methyl/N-ethyl adjacent to an activating group) is 1. The number of carboxylic acids is 1. The number of rotatable bonds is 6. The lowest BCUT2D eigenvalue weighted by molar-refractivity contribution is -0.160. The Bertz CT molecular complexity index is 1850. The number of aryl methyl sites for hydroxylation is 2. The molecular weight excluding hydrogens is 571 g/mol. The van der Waals surface area contributed by atoms with Gasteiger partial charge in [-0.05, 0) is 102 Å². The molecule has 2 aliphatic rings. The van der Waals surface area contributed by atoms with Gasteiger partial charge in [-0.3, -0.25) is 4.98 Å². The summed E-state index contributed by atoms with van der Waals surface area (Å²) < 4.78 is 29.7. The van der Waals surface area contributed by atoms with Crippen LogP contribution in [0.15, 0.2) is 36.5 Å². The van der Waals surface area contributed by atoms with Gasteiger partial charge in [0.15, 0.2) is 17.7 Å². The predicted octanol–water partition coefficient (Wildman–Crippen LogP) is 7.04. The number of hydrogen-bond donors (Lipinski definition) is 1. The van der Waals surface area contributed by atoms with Crippen molar-refractivity contribution in [2.24, 2.45) is 7.05 Å². The zero-order valence-corrected chi connectivity index (χ0v) is 27.1. The number of ether oxygens (including phenoxy) is 2. The summed E-state index contributed by atoms with van der Waals surface area (Å²) in [5, 5.41) is 11.2. The van der Waals surface area contributed by atoms with E-state index in [-0.39, 0.29) is 5.75 Å². The van der Waals surface area contributed by atoms with E-state index in [1.165, 1.54) is 11.6 Å². The molecule has 0 radical (unpaired) electrons. The SMILES string of the molecule is Cc1nc2c(cc(-c3ccnc(C4=CCN(C)CC4)c3)n2C)c(-c2cc(F)c3c(c2C)CCCO3)c1[C@H](OC(C)(C)C)C(=O)O. The second-order valence-corrected chi connectivity index (χ2v) is 13.2. The molecule has 5 heterocycles. The van der Waals surface area contributed by atoms with Gasteiger partial charge in [-0.15, -0.1) is 0 Å². The lowest BCUT2D eigenvalue weighted by atomic mass is 9.86. The maximum Gasteiger partial charge on any atom is 0.337 e. The van der Waals surface area contributed by atoms with E-state index in [2.05, 4.69) is 29.1 Å². The van der Waals surface area contributed by atoms with Crippen LogP contribution < -0.4 is 4.74 Å².